The summed E-state index contributed by atoms with van der Waals surface area (Å²) < 4.78 is 5.73. The van der Waals surface area contributed by atoms with Crippen molar-refractivity contribution < 1.29 is 33.5 Å². The van der Waals surface area contributed by atoms with Crippen LogP contribution in [0.2, 0.25) is 0 Å². The van der Waals surface area contributed by atoms with E-state index in [0.717, 1.165) is 80.0 Å². The number of rotatable bonds is 7. The molecular weight excluding hydrogens is 666 g/mol. The first-order chi connectivity index (χ1) is 25.1. The number of carbonyl (C=O) groups excluding carboxylic acids is 6. The van der Waals surface area contributed by atoms with Crippen LogP contribution < -0.4 is 15.5 Å². The summed E-state index contributed by atoms with van der Waals surface area (Å²) in [4.78, 5) is 80.8. The lowest BCUT2D eigenvalue weighted by atomic mass is 9.88. The van der Waals surface area contributed by atoms with Gasteiger partial charge in [0, 0.05) is 61.0 Å². The van der Waals surface area contributed by atoms with Gasteiger partial charge in [0.1, 0.15) is 12.1 Å². The summed E-state index contributed by atoms with van der Waals surface area (Å²) >= 11 is 0. The van der Waals surface area contributed by atoms with Crippen molar-refractivity contribution >= 4 is 47.1 Å². The molecule has 4 aliphatic heterocycles. The average molecular weight is 708 g/mol. The Morgan fingerprint density at radius 3 is 2.33 bits per heavy atom. The highest BCUT2D eigenvalue weighted by Gasteiger charge is 2.45. The molecule has 5 aliphatic rings. The van der Waals surface area contributed by atoms with Crippen LogP contribution in [0.5, 0.6) is 0 Å². The third-order valence-electron chi connectivity index (χ3n) is 11.4. The number of nitrogens with zero attached hydrogens (tertiary/aromatic N) is 4. The first kappa shape index (κ1) is 33.6. The molecule has 5 heterocycles. The van der Waals surface area contributed by atoms with Crippen molar-refractivity contribution in [1.29, 1.82) is 0 Å². The summed E-state index contributed by atoms with van der Waals surface area (Å²) in [6, 6.07) is 14.0. The summed E-state index contributed by atoms with van der Waals surface area (Å²) in [5.41, 5.74) is 3.97. The lowest BCUT2D eigenvalue weighted by Gasteiger charge is -2.38. The monoisotopic (exact) mass is 707 g/mol. The number of hydrogen-bond donors (Lipinski definition) is 3. The van der Waals surface area contributed by atoms with Crippen molar-refractivity contribution in [3.05, 3.63) is 76.5 Å². The van der Waals surface area contributed by atoms with Gasteiger partial charge in [-0.3, -0.25) is 39.3 Å². The fourth-order valence-corrected chi connectivity index (χ4v) is 8.16. The Morgan fingerprint density at radius 2 is 1.62 bits per heavy atom. The molecule has 1 aromatic heterocycles. The van der Waals surface area contributed by atoms with Gasteiger partial charge in [-0.15, -0.1) is 0 Å². The molecule has 1 saturated carbocycles. The number of nitrogens with one attached hydrogen (secondary N) is 3. The number of piperidine rings is 2. The molecule has 3 aromatic rings. The molecule has 3 saturated heterocycles. The Hall–Kier alpha value is -5.53. The molecule has 0 bridgehead atoms. The van der Waals surface area contributed by atoms with Gasteiger partial charge in [0.15, 0.2) is 5.82 Å². The highest BCUT2D eigenvalue weighted by atomic mass is 16.6. The number of anilines is 2. The Labute approximate surface area is 300 Å². The van der Waals surface area contributed by atoms with Crippen molar-refractivity contribution in [2.24, 2.45) is 0 Å². The maximum atomic E-state index is 13.3. The second-order valence-electron chi connectivity index (χ2n) is 14.6. The minimum absolute atomic E-state index is 0.0776. The van der Waals surface area contributed by atoms with E-state index in [1.165, 1.54) is 0 Å². The number of H-pyrrole nitrogens is 1. The fraction of sp³-hybridized carbons (Fsp3) is 0.447. The molecule has 4 atom stereocenters. The molecule has 1 aliphatic carbocycles. The van der Waals surface area contributed by atoms with Crippen molar-refractivity contribution in [2.45, 2.75) is 88.3 Å². The number of aromatic amines is 1. The van der Waals surface area contributed by atoms with Crippen LogP contribution >= 0.6 is 0 Å². The molecule has 14 nitrogen and oxygen atoms in total. The maximum absolute atomic E-state index is 13.3. The highest BCUT2D eigenvalue weighted by Crippen LogP contribution is 2.37. The second-order valence-corrected chi connectivity index (χ2v) is 14.6. The Morgan fingerprint density at radius 1 is 0.846 bits per heavy atom. The van der Waals surface area contributed by atoms with Crippen molar-refractivity contribution in [2.75, 3.05) is 29.9 Å². The number of benzene rings is 2. The van der Waals surface area contributed by atoms with E-state index in [9.17, 15) is 28.8 Å². The van der Waals surface area contributed by atoms with Gasteiger partial charge in [-0.1, -0.05) is 12.1 Å². The molecule has 2 aromatic carbocycles. The van der Waals surface area contributed by atoms with Crippen LogP contribution in [-0.4, -0.2) is 93.4 Å². The smallest absolute Gasteiger partial charge is 0.410 e. The Kier molecular flexibility index (Phi) is 8.76. The zero-order valence-corrected chi connectivity index (χ0v) is 28.9. The number of hydrogen-bond acceptors (Lipinski definition) is 9. The zero-order valence-electron chi connectivity index (χ0n) is 28.9. The Bertz CT molecular complexity index is 1950. The number of imide groups is 2. The van der Waals surface area contributed by atoms with E-state index in [2.05, 4.69) is 25.7 Å². The third kappa shape index (κ3) is 6.30. The number of ether oxygens (including phenoxy) is 1. The van der Waals surface area contributed by atoms with Gasteiger partial charge < -0.3 is 19.9 Å². The van der Waals surface area contributed by atoms with E-state index in [1.54, 1.807) is 17.0 Å². The number of fused-ring (bicyclic) bond motifs is 1. The van der Waals surface area contributed by atoms with E-state index in [1.807, 2.05) is 43.3 Å². The molecule has 3 N–H and O–H groups in total. The van der Waals surface area contributed by atoms with Crippen LogP contribution in [0, 0.1) is 0 Å². The van der Waals surface area contributed by atoms with Crippen molar-refractivity contribution in [3.8, 4) is 0 Å². The van der Waals surface area contributed by atoms with Gasteiger partial charge in [0.05, 0.1) is 11.1 Å². The minimum Gasteiger partial charge on any atom is -0.446 e. The molecule has 4 fully saturated rings. The standard InChI is InChI=1S/C38H41N7O7/c1-21-12-17-44(21)38(51)52-27-8-6-25(18-27)30-20-32(42-41-30)39-34(47)24-4-2-22(3-5-24)23-13-15-43(16-14-23)26-7-9-28-29(19-26)37(50)45(36(28)49)31-10-11-33(46)40-35(31)48/h2-5,7,9,19-21,23,25,27,31H,6,8,10-18H2,1H3,(H,40,46,48)(H2,39,41,42,47)/t21-,25-,27+,31?/m1/s1. The summed E-state index contributed by atoms with van der Waals surface area (Å²) in [5.74, 6) is -1.37. The normalized spacial score (nSPS) is 24.8. The molecule has 0 spiro atoms. The molecule has 14 heteroatoms. The quantitative estimate of drug-likeness (QED) is 0.302. The van der Waals surface area contributed by atoms with E-state index in [-0.39, 0.29) is 54.0 Å². The molecule has 6 amide bonds. The average Bonchev–Trinajstić information content (AvgIpc) is 3.86. The van der Waals surface area contributed by atoms with Crippen LogP contribution in [-0.2, 0) is 14.3 Å². The molecule has 1 unspecified atom stereocenters. The lowest BCUT2D eigenvalue weighted by Crippen LogP contribution is -2.54. The topological polar surface area (TPSA) is 174 Å². The first-order valence-corrected chi connectivity index (χ1v) is 18.2. The predicted molar refractivity (Wildman–Crippen MR) is 188 cm³/mol. The van der Waals surface area contributed by atoms with Gasteiger partial charge in [-0.25, -0.2) is 4.79 Å². The summed E-state index contributed by atoms with van der Waals surface area (Å²) in [6.07, 6.45) is 5.01. The number of amides is 6. The van der Waals surface area contributed by atoms with Crippen molar-refractivity contribution in [3.63, 3.8) is 0 Å². The van der Waals surface area contributed by atoms with Crippen LogP contribution in [0.1, 0.15) is 112 Å². The summed E-state index contributed by atoms with van der Waals surface area (Å²) in [6.45, 7) is 4.27. The molecular formula is C38H41N7O7. The lowest BCUT2D eigenvalue weighted by molar-refractivity contribution is -0.136. The van der Waals surface area contributed by atoms with E-state index < -0.39 is 29.7 Å². The van der Waals surface area contributed by atoms with Gasteiger partial charge in [0.25, 0.3) is 17.7 Å². The largest absolute Gasteiger partial charge is 0.446 e. The SMILES string of the molecule is C[C@@H]1CCN1C(=O)O[C@H]1CC[C@@H](c2cc(NC(=O)c3ccc(C4CCN(c5ccc6c(c5)C(=O)N(C5CCC(=O)NC5=O)C6=O)CC4)cc3)n[nH]2)C1. The van der Waals surface area contributed by atoms with Gasteiger partial charge in [-0.05, 0) is 93.7 Å². The van der Waals surface area contributed by atoms with Crippen LogP contribution in [0.15, 0.2) is 48.5 Å². The van der Waals surface area contributed by atoms with Gasteiger partial charge in [0.2, 0.25) is 11.8 Å². The molecule has 8 rings (SSSR count). The number of aromatic nitrogens is 2. The second kappa shape index (κ2) is 13.5. The van der Waals surface area contributed by atoms with Crippen LogP contribution in [0.3, 0.4) is 0 Å². The highest BCUT2D eigenvalue weighted by molar-refractivity contribution is 6.23. The predicted octanol–water partition coefficient (Wildman–Crippen LogP) is 4.31. The molecule has 270 valence electrons. The van der Waals surface area contributed by atoms with Crippen LogP contribution in [0.4, 0.5) is 16.3 Å². The number of carbonyl (C=O) groups is 6. The van der Waals surface area contributed by atoms with Crippen LogP contribution in [0.25, 0.3) is 0 Å². The Balaban J connectivity index is 0.827. The van der Waals surface area contributed by atoms with Gasteiger partial charge >= 0.3 is 6.09 Å². The number of likely N-dealkylation sites (tertiary alicyclic amines) is 1. The molecule has 52 heavy (non-hydrogen) atoms. The van der Waals surface area contributed by atoms with E-state index in [4.69, 9.17) is 4.74 Å². The van der Waals surface area contributed by atoms with E-state index in [0.29, 0.717) is 17.3 Å². The third-order valence-corrected chi connectivity index (χ3v) is 11.4. The minimum atomic E-state index is -0.991. The summed E-state index contributed by atoms with van der Waals surface area (Å²) in [7, 11) is 0. The molecule has 0 radical (unpaired) electrons. The maximum Gasteiger partial charge on any atom is 0.410 e. The van der Waals surface area contributed by atoms with Gasteiger partial charge in [-0.2, -0.15) is 5.10 Å². The first-order valence-electron chi connectivity index (χ1n) is 18.2. The fourth-order valence-electron chi connectivity index (χ4n) is 8.16. The zero-order chi connectivity index (χ0) is 36.1. The van der Waals surface area contributed by atoms with Crippen molar-refractivity contribution in [1.82, 2.24) is 25.3 Å². The summed E-state index contributed by atoms with van der Waals surface area (Å²) in [5, 5.41) is 12.5. The van der Waals surface area contributed by atoms with E-state index >= 15 is 0 Å².